The second kappa shape index (κ2) is 5.75. The maximum absolute atomic E-state index is 13.3. The van der Waals surface area contributed by atoms with E-state index >= 15 is 0 Å². The van der Waals surface area contributed by atoms with Gasteiger partial charge in [0.15, 0.2) is 0 Å². The van der Waals surface area contributed by atoms with Gasteiger partial charge in [-0.15, -0.1) is 0 Å². The van der Waals surface area contributed by atoms with Gasteiger partial charge in [-0.05, 0) is 12.1 Å². The normalized spacial score (nSPS) is 11.7. The lowest BCUT2D eigenvalue weighted by Crippen LogP contribution is -2.22. The lowest BCUT2D eigenvalue weighted by Gasteiger charge is -2.05. The average molecular weight is 310 g/mol. The molecule has 0 aliphatic carbocycles. The highest BCUT2D eigenvalue weighted by Crippen LogP contribution is 2.14. The van der Waals surface area contributed by atoms with Crippen molar-refractivity contribution in [2.75, 3.05) is 18.6 Å². The first-order chi connectivity index (χ1) is 7.38. The van der Waals surface area contributed by atoms with E-state index in [1.54, 1.807) is 12.1 Å². The zero-order chi connectivity index (χ0) is 12.2. The van der Waals surface area contributed by atoms with Gasteiger partial charge in [-0.2, -0.15) is 0 Å². The van der Waals surface area contributed by atoms with Gasteiger partial charge >= 0.3 is 0 Å². The molecule has 0 aliphatic rings. The summed E-state index contributed by atoms with van der Waals surface area (Å²) in [5, 5.41) is 2.88. The second-order valence-electron chi connectivity index (χ2n) is 3.54. The minimum atomic E-state index is -2.96. The average Bonchev–Trinajstić information content (AvgIpc) is 2.13. The molecule has 6 heteroatoms. The molecule has 1 aromatic rings. The van der Waals surface area contributed by atoms with Gasteiger partial charge in [0.2, 0.25) is 0 Å². The second-order valence-corrected chi connectivity index (χ2v) is 6.72. The smallest absolute Gasteiger partial charge is 0.148 e. The molecule has 0 saturated heterocycles. The van der Waals surface area contributed by atoms with Gasteiger partial charge in [-0.1, -0.05) is 22.0 Å². The highest BCUT2D eigenvalue weighted by atomic mass is 79.9. The fourth-order valence-electron chi connectivity index (χ4n) is 1.15. The Morgan fingerprint density at radius 3 is 2.69 bits per heavy atom. The van der Waals surface area contributed by atoms with E-state index in [1.165, 1.54) is 12.3 Å². The van der Waals surface area contributed by atoms with Crippen LogP contribution in [0.2, 0.25) is 0 Å². The van der Waals surface area contributed by atoms with Gasteiger partial charge in [0, 0.05) is 29.4 Å². The van der Waals surface area contributed by atoms with Crippen molar-refractivity contribution in [2.24, 2.45) is 0 Å². The monoisotopic (exact) mass is 309 g/mol. The Morgan fingerprint density at radius 2 is 2.12 bits per heavy atom. The van der Waals surface area contributed by atoms with Crippen LogP contribution < -0.4 is 5.32 Å². The molecule has 0 heterocycles. The highest BCUT2D eigenvalue weighted by molar-refractivity contribution is 9.10. The fraction of sp³-hybridized carbons (Fsp3) is 0.400. The Morgan fingerprint density at radius 1 is 1.44 bits per heavy atom. The van der Waals surface area contributed by atoms with E-state index < -0.39 is 9.84 Å². The number of halogens is 2. The van der Waals surface area contributed by atoms with Crippen LogP contribution in [0.15, 0.2) is 22.7 Å². The van der Waals surface area contributed by atoms with Gasteiger partial charge in [-0.3, -0.25) is 0 Å². The van der Waals surface area contributed by atoms with Gasteiger partial charge in [0.05, 0.1) is 5.75 Å². The number of hydrogen-bond acceptors (Lipinski definition) is 3. The van der Waals surface area contributed by atoms with Crippen LogP contribution >= 0.6 is 15.9 Å². The predicted octanol–water partition coefficient (Wildman–Crippen LogP) is 1.72. The molecule has 0 aliphatic heterocycles. The summed E-state index contributed by atoms with van der Waals surface area (Å²) in [6.45, 7) is 0.656. The molecule has 0 spiro atoms. The SMILES string of the molecule is CS(=O)(=O)CCNCc1ccc(Br)cc1F. The number of benzene rings is 1. The molecular formula is C10H13BrFNO2S. The standard InChI is InChI=1S/C10H13BrFNO2S/c1-16(14,15)5-4-13-7-8-2-3-9(11)6-10(8)12/h2-3,6,13H,4-5,7H2,1H3. The van der Waals surface area contributed by atoms with Crippen LogP contribution in [0, 0.1) is 5.82 Å². The first-order valence-electron chi connectivity index (χ1n) is 4.71. The number of nitrogens with one attached hydrogen (secondary N) is 1. The van der Waals surface area contributed by atoms with Gasteiger partial charge in [0.1, 0.15) is 15.7 Å². The first-order valence-corrected chi connectivity index (χ1v) is 7.56. The van der Waals surface area contributed by atoms with E-state index in [-0.39, 0.29) is 11.6 Å². The first kappa shape index (κ1) is 13.6. The molecule has 0 atom stereocenters. The highest BCUT2D eigenvalue weighted by Gasteiger charge is 2.04. The van der Waals surface area contributed by atoms with Gasteiger partial charge < -0.3 is 5.32 Å². The van der Waals surface area contributed by atoms with Crippen molar-refractivity contribution in [3.63, 3.8) is 0 Å². The zero-order valence-corrected chi connectivity index (χ0v) is 11.2. The van der Waals surface area contributed by atoms with E-state index in [0.29, 0.717) is 23.1 Å². The molecule has 1 N–H and O–H groups in total. The quantitative estimate of drug-likeness (QED) is 0.843. The third kappa shape index (κ3) is 5.05. The lowest BCUT2D eigenvalue weighted by atomic mass is 10.2. The Bertz CT molecular complexity index is 462. The predicted molar refractivity (Wildman–Crippen MR) is 65.5 cm³/mol. The molecule has 1 aromatic carbocycles. The third-order valence-corrected chi connectivity index (χ3v) is 3.42. The molecule has 3 nitrogen and oxygen atoms in total. The summed E-state index contributed by atoms with van der Waals surface area (Å²) in [4.78, 5) is 0. The van der Waals surface area contributed by atoms with Crippen LogP contribution in [0.5, 0.6) is 0 Å². The molecule has 0 amide bonds. The topological polar surface area (TPSA) is 46.2 Å². The molecular weight excluding hydrogens is 297 g/mol. The summed E-state index contributed by atoms with van der Waals surface area (Å²) in [6, 6.07) is 4.79. The summed E-state index contributed by atoms with van der Waals surface area (Å²) < 4.78 is 35.7. The Kier molecular flexibility index (Phi) is 4.89. The van der Waals surface area contributed by atoms with Crippen LogP contribution in [-0.4, -0.2) is 27.0 Å². The largest absolute Gasteiger partial charge is 0.312 e. The van der Waals surface area contributed by atoms with Crippen LogP contribution in [-0.2, 0) is 16.4 Å². The Labute approximate surface area is 103 Å². The molecule has 0 unspecified atom stereocenters. The van der Waals surface area contributed by atoms with Crippen molar-refractivity contribution < 1.29 is 12.8 Å². The molecule has 0 saturated carbocycles. The van der Waals surface area contributed by atoms with E-state index in [2.05, 4.69) is 21.2 Å². The van der Waals surface area contributed by atoms with Crippen molar-refractivity contribution in [1.82, 2.24) is 5.32 Å². The molecule has 16 heavy (non-hydrogen) atoms. The lowest BCUT2D eigenvalue weighted by molar-refractivity contribution is 0.585. The molecule has 0 bridgehead atoms. The van der Waals surface area contributed by atoms with Crippen molar-refractivity contribution in [3.8, 4) is 0 Å². The minimum Gasteiger partial charge on any atom is -0.312 e. The summed E-state index contributed by atoms with van der Waals surface area (Å²) in [5.41, 5.74) is 0.525. The van der Waals surface area contributed by atoms with Gasteiger partial charge in [-0.25, -0.2) is 12.8 Å². The van der Waals surface area contributed by atoms with Crippen LogP contribution in [0.4, 0.5) is 4.39 Å². The number of hydrogen-bond donors (Lipinski definition) is 1. The molecule has 1 rings (SSSR count). The molecule has 90 valence electrons. The van der Waals surface area contributed by atoms with E-state index in [1.807, 2.05) is 0 Å². The van der Waals surface area contributed by atoms with Crippen LogP contribution in [0.25, 0.3) is 0 Å². The summed E-state index contributed by atoms with van der Waals surface area (Å²) >= 11 is 3.16. The molecule has 0 aromatic heterocycles. The fourth-order valence-corrected chi connectivity index (χ4v) is 1.99. The number of sulfone groups is 1. The third-order valence-electron chi connectivity index (χ3n) is 1.98. The van der Waals surface area contributed by atoms with Crippen molar-refractivity contribution in [2.45, 2.75) is 6.54 Å². The van der Waals surface area contributed by atoms with Gasteiger partial charge in [0.25, 0.3) is 0 Å². The zero-order valence-electron chi connectivity index (χ0n) is 8.83. The minimum absolute atomic E-state index is 0.0607. The summed E-state index contributed by atoms with van der Waals surface area (Å²) in [6.07, 6.45) is 1.18. The summed E-state index contributed by atoms with van der Waals surface area (Å²) in [5.74, 6) is -0.244. The van der Waals surface area contributed by atoms with Crippen molar-refractivity contribution in [1.29, 1.82) is 0 Å². The number of rotatable bonds is 5. The maximum Gasteiger partial charge on any atom is 0.148 e. The molecule has 0 fully saturated rings. The summed E-state index contributed by atoms with van der Waals surface area (Å²) in [7, 11) is -2.96. The van der Waals surface area contributed by atoms with Crippen molar-refractivity contribution >= 4 is 25.8 Å². The van der Waals surface area contributed by atoms with Crippen molar-refractivity contribution in [3.05, 3.63) is 34.1 Å². The van der Waals surface area contributed by atoms with E-state index in [0.717, 1.165) is 0 Å². The van der Waals surface area contributed by atoms with E-state index in [9.17, 15) is 12.8 Å². The Balaban J connectivity index is 2.43. The van der Waals surface area contributed by atoms with Crippen LogP contribution in [0.3, 0.4) is 0 Å². The Hall–Kier alpha value is -0.460. The van der Waals surface area contributed by atoms with E-state index in [4.69, 9.17) is 0 Å². The van der Waals surface area contributed by atoms with Crippen LogP contribution in [0.1, 0.15) is 5.56 Å². The maximum atomic E-state index is 13.3. The molecule has 0 radical (unpaired) electrons.